The number of halogens is 1. The van der Waals surface area contributed by atoms with Crippen molar-refractivity contribution >= 4 is 23.5 Å². The van der Waals surface area contributed by atoms with Gasteiger partial charge in [0.05, 0.1) is 0 Å². The van der Waals surface area contributed by atoms with E-state index in [1.165, 1.54) is 12.5 Å². The SMILES string of the molecule is CC(=O)Oc1cc(C(C)C)c(OCCN(C)C)cc1C.O=C(COc1ccc(Cl)cc1)N1CCN(Cc2ccc3c(c2)OCO3)CC1. The van der Waals surface area contributed by atoms with Crippen LogP contribution < -0.4 is 23.7 Å². The number of benzene rings is 3. The summed E-state index contributed by atoms with van der Waals surface area (Å²) in [5.41, 5.74) is 3.15. The van der Waals surface area contributed by atoms with Gasteiger partial charge >= 0.3 is 5.97 Å². The highest BCUT2D eigenvalue weighted by Crippen LogP contribution is 2.34. The Kier molecular flexibility index (Phi) is 13.2. The van der Waals surface area contributed by atoms with Gasteiger partial charge in [-0.3, -0.25) is 14.5 Å². The van der Waals surface area contributed by atoms with Crippen LogP contribution >= 0.6 is 11.6 Å². The van der Waals surface area contributed by atoms with E-state index in [2.05, 4.69) is 29.7 Å². The first-order valence-corrected chi connectivity index (χ1v) is 16.2. The molecule has 0 bridgehead atoms. The van der Waals surface area contributed by atoms with Crippen LogP contribution in [0.25, 0.3) is 0 Å². The quantitative estimate of drug-likeness (QED) is 0.187. The van der Waals surface area contributed by atoms with Crippen molar-refractivity contribution < 1.29 is 33.3 Å². The van der Waals surface area contributed by atoms with Crippen molar-refractivity contribution in [2.45, 2.75) is 40.2 Å². The van der Waals surface area contributed by atoms with Crippen molar-refractivity contribution in [3.63, 3.8) is 0 Å². The number of likely N-dealkylation sites (N-methyl/N-ethyl adjacent to an activating group) is 1. The molecule has 0 N–H and O–H groups in total. The number of piperazine rings is 1. The fraction of sp³-hybridized carbons (Fsp3) is 0.444. The summed E-state index contributed by atoms with van der Waals surface area (Å²) in [5, 5.41) is 0.646. The number of esters is 1. The van der Waals surface area contributed by atoms with Crippen LogP contribution in [0.1, 0.15) is 43.4 Å². The van der Waals surface area contributed by atoms with Crippen LogP contribution in [0.15, 0.2) is 54.6 Å². The molecule has 0 atom stereocenters. The Morgan fingerprint density at radius 1 is 0.915 bits per heavy atom. The van der Waals surface area contributed by atoms with E-state index in [0.717, 1.165) is 54.6 Å². The third kappa shape index (κ3) is 11.1. The van der Waals surface area contributed by atoms with Gasteiger partial charge in [0.15, 0.2) is 18.1 Å². The second-order valence-corrected chi connectivity index (χ2v) is 12.6. The number of hydrogen-bond donors (Lipinski definition) is 0. The van der Waals surface area contributed by atoms with E-state index in [4.69, 9.17) is 35.3 Å². The van der Waals surface area contributed by atoms with Crippen molar-refractivity contribution in [2.24, 2.45) is 0 Å². The van der Waals surface area contributed by atoms with E-state index >= 15 is 0 Å². The lowest BCUT2D eigenvalue weighted by atomic mass is 10.00. The summed E-state index contributed by atoms with van der Waals surface area (Å²) in [7, 11) is 4.03. The van der Waals surface area contributed by atoms with Crippen molar-refractivity contribution in [1.29, 1.82) is 0 Å². The molecule has 0 saturated carbocycles. The fourth-order valence-electron chi connectivity index (χ4n) is 5.08. The van der Waals surface area contributed by atoms with Gasteiger partial charge in [-0.2, -0.15) is 0 Å². The molecule has 254 valence electrons. The molecule has 0 aromatic heterocycles. The summed E-state index contributed by atoms with van der Waals surface area (Å²) in [6.07, 6.45) is 0. The molecule has 47 heavy (non-hydrogen) atoms. The van der Waals surface area contributed by atoms with Gasteiger partial charge in [-0.15, -0.1) is 0 Å². The fourth-order valence-corrected chi connectivity index (χ4v) is 5.20. The van der Waals surface area contributed by atoms with E-state index in [0.29, 0.717) is 42.1 Å². The second-order valence-electron chi connectivity index (χ2n) is 12.1. The molecule has 0 radical (unpaired) electrons. The Hall–Kier alpha value is -3.99. The Morgan fingerprint density at radius 2 is 1.62 bits per heavy atom. The van der Waals surface area contributed by atoms with Gasteiger partial charge < -0.3 is 33.5 Å². The lowest BCUT2D eigenvalue weighted by molar-refractivity contribution is -0.135. The van der Waals surface area contributed by atoms with E-state index < -0.39 is 0 Å². The number of amides is 1. The van der Waals surface area contributed by atoms with Gasteiger partial charge in [-0.05, 0) is 86.6 Å². The van der Waals surface area contributed by atoms with Gasteiger partial charge in [-0.25, -0.2) is 0 Å². The van der Waals surface area contributed by atoms with Gasteiger partial charge in [0, 0.05) is 56.8 Å². The van der Waals surface area contributed by atoms with E-state index in [1.807, 2.05) is 50.2 Å². The summed E-state index contributed by atoms with van der Waals surface area (Å²) >= 11 is 5.85. The van der Waals surface area contributed by atoms with E-state index in [9.17, 15) is 9.59 Å². The second kappa shape index (κ2) is 17.2. The minimum Gasteiger partial charge on any atom is -0.492 e. The maximum absolute atomic E-state index is 12.4. The van der Waals surface area contributed by atoms with Gasteiger partial charge in [-0.1, -0.05) is 31.5 Å². The maximum atomic E-state index is 12.4. The predicted molar refractivity (Wildman–Crippen MR) is 182 cm³/mol. The number of hydrogen-bond acceptors (Lipinski definition) is 9. The highest BCUT2D eigenvalue weighted by molar-refractivity contribution is 6.30. The third-order valence-corrected chi connectivity index (χ3v) is 7.98. The van der Waals surface area contributed by atoms with Crippen LogP contribution in [-0.2, 0) is 16.1 Å². The number of rotatable bonds is 11. The number of fused-ring (bicyclic) bond motifs is 1. The molecule has 1 amide bonds. The smallest absolute Gasteiger partial charge is 0.308 e. The Balaban J connectivity index is 0.000000224. The lowest BCUT2D eigenvalue weighted by Gasteiger charge is -2.34. The molecule has 2 aliphatic heterocycles. The molecule has 2 heterocycles. The van der Waals surface area contributed by atoms with E-state index in [1.54, 1.807) is 24.3 Å². The summed E-state index contributed by atoms with van der Waals surface area (Å²) < 4.78 is 27.4. The Bertz CT molecular complexity index is 1490. The summed E-state index contributed by atoms with van der Waals surface area (Å²) in [6, 6.07) is 16.9. The molecule has 3 aromatic rings. The molecule has 10 nitrogen and oxygen atoms in total. The van der Waals surface area contributed by atoms with Crippen molar-refractivity contribution in [2.75, 3.05) is 66.8 Å². The van der Waals surface area contributed by atoms with Crippen molar-refractivity contribution in [3.8, 4) is 28.7 Å². The largest absolute Gasteiger partial charge is 0.492 e. The van der Waals surface area contributed by atoms with Crippen LogP contribution in [-0.4, -0.2) is 93.4 Å². The molecule has 1 saturated heterocycles. The number of aryl methyl sites for hydroxylation is 1. The van der Waals surface area contributed by atoms with Crippen molar-refractivity contribution in [3.05, 3.63) is 76.3 Å². The Labute approximate surface area is 283 Å². The van der Waals surface area contributed by atoms with Crippen LogP contribution in [0.3, 0.4) is 0 Å². The van der Waals surface area contributed by atoms with E-state index in [-0.39, 0.29) is 25.3 Å². The molecule has 1 fully saturated rings. The topological polar surface area (TPSA) is 90.0 Å². The minimum atomic E-state index is -0.302. The molecule has 2 aliphatic rings. The van der Waals surface area contributed by atoms with Gasteiger partial charge in [0.1, 0.15) is 23.9 Å². The first-order valence-electron chi connectivity index (χ1n) is 15.9. The average Bonchev–Trinajstić information content (AvgIpc) is 3.50. The molecule has 0 unspecified atom stereocenters. The highest BCUT2D eigenvalue weighted by atomic mass is 35.5. The first-order chi connectivity index (χ1) is 22.5. The number of carbonyl (C=O) groups excluding carboxylic acids is 2. The van der Waals surface area contributed by atoms with Crippen LogP contribution in [0, 0.1) is 6.92 Å². The van der Waals surface area contributed by atoms with Crippen LogP contribution in [0.5, 0.6) is 28.7 Å². The summed E-state index contributed by atoms with van der Waals surface area (Å²) in [5.74, 6) is 3.75. The Morgan fingerprint density at radius 3 is 2.28 bits per heavy atom. The van der Waals surface area contributed by atoms with Crippen LogP contribution in [0.4, 0.5) is 0 Å². The first kappa shape index (κ1) is 35.9. The zero-order valence-corrected chi connectivity index (χ0v) is 29.0. The average molecular weight is 668 g/mol. The number of ether oxygens (including phenoxy) is 5. The summed E-state index contributed by atoms with van der Waals surface area (Å²) in [4.78, 5) is 29.7. The number of nitrogens with zero attached hydrogens (tertiary/aromatic N) is 3. The molecule has 5 rings (SSSR count). The lowest BCUT2D eigenvalue weighted by Crippen LogP contribution is -2.49. The monoisotopic (exact) mass is 667 g/mol. The molecule has 0 aliphatic carbocycles. The third-order valence-electron chi connectivity index (χ3n) is 7.72. The minimum absolute atomic E-state index is 0.00711. The highest BCUT2D eigenvalue weighted by Gasteiger charge is 2.22. The van der Waals surface area contributed by atoms with Gasteiger partial charge in [0.2, 0.25) is 6.79 Å². The molecular formula is C36H46ClN3O7. The molecule has 3 aromatic carbocycles. The number of carbonyl (C=O) groups is 2. The van der Waals surface area contributed by atoms with Gasteiger partial charge in [0.25, 0.3) is 5.91 Å². The standard InChI is InChI=1S/C20H21ClN2O4.C16H25NO3/c21-16-2-4-17(5-3-16)25-13-20(24)23-9-7-22(8-10-23)12-15-1-6-18-19(11-15)27-14-26-18;1-11(2)14-10-15(20-13(4)18)12(3)9-16(14)19-8-7-17(5)6/h1-6,11H,7-10,12-14H2;9-11H,7-8H2,1-6H3. The molecular weight excluding hydrogens is 622 g/mol. The molecule has 11 heteroatoms. The van der Waals surface area contributed by atoms with Crippen molar-refractivity contribution in [1.82, 2.24) is 14.7 Å². The molecule has 0 spiro atoms. The maximum Gasteiger partial charge on any atom is 0.308 e. The zero-order chi connectivity index (χ0) is 33.9. The normalized spacial score (nSPS) is 14.1. The summed E-state index contributed by atoms with van der Waals surface area (Å²) in [6.45, 7) is 13.3. The van der Waals surface area contributed by atoms with Crippen LogP contribution in [0.2, 0.25) is 5.02 Å². The zero-order valence-electron chi connectivity index (χ0n) is 28.2. The predicted octanol–water partition coefficient (Wildman–Crippen LogP) is 5.78.